The van der Waals surface area contributed by atoms with Crippen molar-refractivity contribution in [2.75, 3.05) is 0 Å². The van der Waals surface area contributed by atoms with E-state index in [1.54, 1.807) is 0 Å². The highest BCUT2D eigenvalue weighted by molar-refractivity contribution is 6.27. The number of benzene rings is 9. The van der Waals surface area contributed by atoms with Crippen LogP contribution in [-0.2, 0) is 0 Å². The van der Waals surface area contributed by atoms with Crippen LogP contribution < -0.4 is 0 Å². The van der Waals surface area contributed by atoms with Gasteiger partial charge in [0.25, 0.3) is 0 Å². The smallest absolute Gasteiger partial charge is 0.136 e. The molecule has 0 fully saturated rings. The van der Waals surface area contributed by atoms with E-state index in [0.717, 1.165) is 27.5 Å². The Morgan fingerprint density at radius 1 is 0.362 bits per heavy atom. The quantitative estimate of drug-likeness (QED) is 0.185. The molecule has 0 spiro atoms. The first-order valence-electron chi connectivity index (χ1n) is 16.6. The van der Waals surface area contributed by atoms with E-state index in [2.05, 4.69) is 140 Å². The molecular weight excluding hydrogens is 569 g/mol. The Labute approximate surface area is 273 Å². The van der Waals surface area contributed by atoms with Gasteiger partial charge in [-0.25, -0.2) is 0 Å². The zero-order valence-electron chi connectivity index (χ0n) is 26.5. The van der Waals surface area contributed by atoms with Crippen LogP contribution in [0.5, 0.6) is 0 Å². The molecule has 0 amide bonds. The van der Waals surface area contributed by atoms with E-state index < -0.39 is 0 Å². The van der Waals surface area contributed by atoms with Gasteiger partial charge in [0.05, 0.1) is 1.37 Å². The predicted octanol–water partition coefficient (Wildman–Crippen LogP) is 13.2. The molecule has 0 radical (unpaired) electrons. The molecule has 0 atom stereocenters. The summed E-state index contributed by atoms with van der Waals surface area (Å²) in [7, 11) is 0. The Morgan fingerprint density at radius 3 is 1.55 bits per heavy atom. The SMILES string of the molecule is [2H]c1ccc(-c2ccc(-c3c4ccccc4c(-c4cccc5oc6cc7ccccc7cc6c45)c4ccccc34)c3ccccc23)cc1. The standard InChI is InChI=1S/C46H28O/c1-2-13-29(14-3-1)32-25-26-39(34-18-7-6-17-33(32)34)44-35-19-8-10-21-37(35)45(38-22-11-9-20-36(38)44)40-23-12-24-42-46(40)41-27-30-15-4-5-16-31(30)28-43(41)47-42/h1-28H/i1D. The van der Waals surface area contributed by atoms with Crippen molar-refractivity contribution in [2.24, 2.45) is 0 Å². The van der Waals surface area contributed by atoms with Crippen molar-refractivity contribution in [2.45, 2.75) is 0 Å². The molecule has 0 saturated heterocycles. The topological polar surface area (TPSA) is 13.1 Å². The van der Waals surface area contributed by atoms with Crippen molar-refractivity contribution >= 4 is 65.0 Å². The van der Waals surface area contributed by atoms with Crippen molar-refractivity contribution in [3.8, 4) is 33.4 Å². The maximum absolute atomic E-state index is 8.00. The van der Waals surface area contributed by atoms with E-state index in [4.69, 9.17) is 5.79 Å². The van der Waals surface area contributed by atoms with Crippen LogP contribution in [0.15, 0.2) is 174 Å². The van der Waals surface area contributed by atoms with Crippen LogP contribution in [0, 0.1) is 0 Å². The van der Waals surface area contributed by atoms with Gasteiger partial charge in [0.1, 0.15) is 11.2 Å². The van der Waals surface area contributed by atoms with Crippen LogP contribution in [-0.4, -0.2) is 0 Å². The molecule has 1 heterocycles. The largest absolute Gasteiger partial charge is 0.456 e. The monoisotopic (exact) mass is 597 g/mol. The molecule has 0 saturated carbocycles. The summed E-state index contributed by atoms with van der Waals surface area (Å²) in [5.41, 5.74) is 8.95. The van der Waals surface area contributed by atoms with E-state index in [9.17, 15) is 0 Å². The molecule has 9 aromatic carbocycles. The molecule has 1 heteroatoms. The number of rotatable bonds is 3. The third kappa shape index (κ3) is 3.90. The number of hydrogen-bond donors (Lipinski definition) is 0. The Morgan fingerprint density at radius 2 is 0.894 bits per heavy atom. The summed E-state index contributed by atoms with van der Waals surface area (Å²) in [5.74, 6) is 0. The first-order chi connectivity index (χ1) is 23.7. The molecule has 47 heavy (non-hydrogen) atoms. The lowest BCUT2D eigenvalue weighted by atomic mass is 9.83. The highest BCUT2D eigenvalue weighted by atomic mass is 16.3. The van der Waals surface area contributed by atoms with Gasteiger partial charge in [-0.2, -0.15) is 0 Å². The minimum Gasteiger partial charge on any atom is -0.456 e. The number of hydrogen-bond acceptors (Lipinski definition) is 1. The average molecular weight is 598 g/mol. The fourth-order valence-electron chi connectivity index (χ4n) is 7.76. The van der Waals surface area contributed by atoms with Crippen LogP contribution >= 0.6 is 0 Å². The van der Waals surface area contributed by atoms with Crippen LogP contribution in [0.2, 0.25) is 0 Å². The van der Waals surface area contributed by atoms with Crippen molar-refractivity contribution in [1.29, 1.82) is 0 Å². The van der Waals surface area contributed by atoms with Gasteiger partial charge in [-0.05, 0) is 94.7 Å². The lowest BCUT2D eigenvalue weighted by molar-refractivity contribution is 0.669. The molecule has 1 aromatic heterocycles. The summed E-state index contributed by atoms with van der Waals surface area (Å²) in [4.78, 5) is 0. The Hall–Kier alpha value is -6.18. The minimum absolute atomic E-state index is 0.519. The van der Waals surface area contributed by atoms with E-state index >= 15 is 0 Å². The number of fused-ring (bicyclic) bond motifs is 7. The molecule has 0 aliphatic heterocycles. The number of furan rings is 1. The summed E-state index contributed by atoms with van der Waals surface area (Å²) in [6.07, 6.45) is 0. The van der Waals surface area contributed by atoms with Crippen LogP contribution in [0.3, 0.4) is 0 Å². The summed E-state index contributed by atoms with van der Waals surface area (Å²) in [5, 5.41) is 12.0. The molecular formula is C46H28O. The third-order valence-electron chi connectivity index (χ3n) is 9.79. The molecule has 0 N–H and O–H groups in total. The maximum Gasteiger partial charge on any atom is 0.136 e. The molecule has 10 aromatic rings. The zero-order valence-corrected chi connectivity index (χ0v) is 25.5. The van der Waals surface area contributed by atoms with Crippen molar-refractivity contribution in [3.63, 3.8) is 0 Å². The van der Waals surface area contributed by atoms with E-state index in [1.807, 2.05) is 24.3 Å². The lowest BCUT2D eigenvalue weighted by Gasteiger charge is -2.20. The molecule has 10 rings (SSSR count). The van der Waals surface area contributed by atoms with Crippen molar-refractivity contribution in [1.82, 2.24) is 0 Å². The van der Waals surface area contributed by atoms with Crippen molar-refractivity contribution < 1.29 is 5.79 Å². The second-order valence-electron chi connectivity index (χ2n) is 12.3. The highest BCUT2D eigenvalue weighted by Crippen LogP contribution is 2.48. The van der Waals surface area contributed by atoms with Gasteiger partial charge in [0.15, 0.2) is 0 Å². The molecule has 0 aliphatic rings. The van der Waals surface area contributed by atoms with Crippen LogP contribution in [0.1, 0.15) is 1.37 Å². The second-order valence-corrected chi connectivity index (χ2v) is 12.3. The van der Waals surface area contributed by atoms with Gasteiger partial charge in [0.2, 0.25) is 0 Å². The van der Waals surface area contributed by atoms with Gasteiger partial charge in [0, 0.05) is 10.8 Å². The van der Waals surface area contributed by atoms with Gasteiger partial charge in [-0.3, -0.25) is 0 Å². The Kier molecular flexibility index (Phi) is 5.42. The van der Waals surface area contributed by atoms with Gasteiger partial charge in [-0.15, -0.1) is 0 Å². The highest BCUT2D eigenvalue weighted by Gasteiger charge is 2.21. The third-order valence-corrected chi connectivity index (χ3v) is 9.79. The summed E-state index contributed by atoms with van der Waals surface area (Å²) < 4.78 is 14.5. The molecule has 0 aliphatic carbocycles. The van der Waals surface area contributed by atoms with Crippen molar-refractivity contribution in [3.05, 3.63) is 170 Å². The predicted molar refractivity (Wildman–Crippen MR) is 200 cm³/mol. The average Bonchev–Trinajstić information content (AvgIpc) is 3.50. The normalized spacial score (nSPS) is 12.1. The second kappa shape index (κ2) is 10.2. The van der Waals surface area contributed by atoms with Gasteiger partial charge >= 0.3 is 0 Å². The molecule has 0 unspecified atom stereocenters. The van der Waals surface area contributed by atoms with E-state index in [1.165, 1.54) is 70.9 Å². The zero-order chi connectivity index (χ0) is 31.8. The Bertz CT molecular complexity index is 2840. The Balaban J connectivity index is 1.31. The first-order valence-corrected chi connectivity index (χ1v) is 16.1. The molecule has 0 bridgehead atoms. The van der Waals surface area contributed by atoms with Gasteiger partial charge in [-0.1, -0.05) is 152 Å². The fraction of sp³-hybridized carbons (Fsp3) is 0. The maximum atomic E-state index is 8.00. The van der Waals surface area contributed by atoms with Crippen LogP contribution in [0.4, 0.5) is 0 Å². The first kappa shape index (κ1) is 25.1. The fourth-order valence-corrected chi connectivity index (χ4v) is 7.76. The minimum atomic E-state index is 0.519. The molecule has 218 valence electrons. The van der Waals surface area contributed by atoms with Crippen LogP contribution in [0.25, 0.3) is 98.4 Å². The summed E-state index contributed by atoms with van der Waals surface area (Å²) in [6.45, 7) is 0. The van der Waals surface area contributed by atoms with E-state index in [-0.39, 0.29) is 0 Å². The van der Waals surface area contributed by atoms with E-state index in [0.29, 0.717) is 6.04 Å². The van der Waals surface area contributed by atoms with Gasteiger partial charge < -0.3 is 4.42 Å². The summed E-state index contributed by atoms with van der Waals surface area (Å²) in [6, 6.07) is 58.7. The molecule has 1 nitrogen and oxygen atoms in total. The lowest BCUT2D eigenvalue weighted by Crippen LogP contribution is -1.92. The summed E-state index contributed by atoms with van der Waals surface area (Å²) >= 11 is 0.